The van der Waals surface area contributed by atoms with E-state index in [1.807, 2.05) is 0 Å². The van der Waals surface area contributed by atoms with Crippen molar-refractivity contribution < 1.29 is 34.0 Å². The number of fused-ring (bicyclic) bond motifs is 5. The number of aromatic hydroxyl groups is 2. The van der Waals surface area contributed by atoms with Crippen LogP contribution in [0.1, 0.15) is 49.0 Å². The molecule has 1 aromatic heterocycles. The zero-order chi connectivity index (χ0) is 18.5. The Balaban J connectivity index is 1.24. The van der Waals surface area contributed by atoms with Gasteiger partial charge in [-0.3, -0.25) is 14.7 Å². The van der Waals surface area contributed by atoms with E-state index in [1.54, 1.807) is 0 Å². The van der Waals surface area contributed by atoms with Gasteiger partial charge in [0, 0.05) is 25.3 Å². The molecule has 4 saturated heterocycles. The van der Waals surface area contributed by atoms with Gasteiger partial charge in [0.1, 0.15) is 12.6 Å². The van der Waals surface area contributed by atoms with Crippen molar-refractivity contribution in [3.63, 3.8) is 0 Å². The van der Waals surface area contributed by atoms with E-state index in [2.05, 4.69) is 5.32 Å². The van der Waals surface area contributed by atoms with Crippen LogP contribution in [0.25, 0.3) is 0 Å². The lowest BCUT2D eigenvalue weighted by molar-refractivity contribution is -0.501. The van der Waals surface area contributed by atoms with Crippen LogP contribution in [0.4, 0.5) is 0 Å². The monoisotopic (exact) mass is 379 g/mol. The van der Waals surface area contributed by atoms with Crippen molar-refractivity contribution >= 4 is 5.91 Å². The SMILES string of the molecule is NC1CC2OC1c1c2c(O)n(CC(=O)NC23OC4CC(CC(C4)O2)O3)c1O. The molecule has 5 N–H and O–H groups in total. The average molecular weight is 379 g/mol. The third-order valence-corrected chi connectivity index (χ3v) is 6.21. The van der Waals surface area contributed by atoms with Gasteiger partial charge in [-0.2, -0.15) is 0 Å². The first-order valence-corrected chi connectivity index (χ1v) is 9.32. The van der Waals surface area contributed by atoms with E-state index in [9.17, 15) is 15.0 Å². The summed E-state index contributed by atoms with van der Waals surface area (Å²) in [7, 11) is 0. The molecule has 5 fully saturated rings. The van der Waals surface area contributed by atoms with Gasteiger partial charge in [-0.25, -0.2) is 0 Å². The lowest BCUT2D eigenvalue weighted by Gasteiger charge is -2.54. The Morgan fingerprint density at radius 1 is 1.07 bits per heavy atom. The molecule has 5 aliphatic heterocycles. The van der Waals surface area contributed by atoms with Crippen LogP contribution in [-0.4, -0.2) is 51.1 Å². The van der Waals surface area contributed by atoms with Crippen LogP contribution < -0.4 is 11.1 Å². The van der Waals surface area contributed by atoms with Crippen LogP contribution in [0.3, 0.4) is 0 Å². The molecule has 0 aromatic carbocycles. The van der Waals surface area contributed by atoms with E-state index in [1.165, 1.54) is 0 Å². The molecule has 27 heavy (non-hydrogen) atoms. The largest absolute Gasteiger partial charge is 0.494 e. The van der Waals surface area contributed by atoms with Gasteiger partial charge in [0.15, 0.2) is 0 Å². The molecule has 10 nitrogen and oxygen atoms in total. The van der Waals surface area contributed by atoms with E-state index in [0.29, 0.717) is 17.5 Å². The second-order valence-electron chi connectivity index (χ2n) is 8.04. The molecular formula is C17H21N3O7. The summed E-state index contributed by atoms with van der Waals surface area (Å²) in [6.07, 6.45) is 0.590. The number of nitrogens with two attached hydrogens (primary N) is 1. The van der Waals surface area contributed by atoms with Gasteiger partial charge < -0.3 is 34.9 Å². The summed E-state index contributed by atoms with van der Waals surface area (Å²) in [6, 6.07) is -0.236. The first-order valence-electron chi connectivity index (χ1n) is 9.32. The highest BCUT2D eigenvalue weighted by molar-refractivity contribution is 5.77. The highest BCUT2D eigenvalue weighted by atomic mass is 16.9. The first-order chi connectivity index (χ1) is 12.9. The van der Waals surface area contributed by atoms with Crippen LogP contribution in [0.5, 0.6) is 11.8 Å². The smallest absolute Gasteiger partial charge is 0.377 e. The van der Waals surface area contributed by atoms with E-state index >= 15 is 0 Å². The molecule has 146 valence electrons. The summed E-state index contributed by atoms with van der Waals surface area (Å²) in [4.78, 5) is 12.6. The zero-order valence-electron chi connectivity index (χ0n) is 14.5. The number of aromatic nitrogens is 1. The molecule has 3 atom stereocenters. The normalized spacial score (nSPS) is 43.3. The van der Waals surface area contributed by atoms with Gasteiger partial charge in [-0.05, 0) is 6.42 Å². The van der Waals surface area contributed by atoms with E-state index in [4.69, 9.17) is 24.7 Å². The number of hydrogen-bond donors (Lipinski definition) is 4. The fourth-order valence-corrected chi connectivity index (χ4v) is 5.19. The van der Waals surface area contributed by atoms with Crippen LogP contribution in [0, 0.1) is 0 Å². The number of carbonyl (C=O) groups is 1. The molecular weight excluding hydrogens is 358 g/mol. The fraction of sp³-hybridized carbons (Fsp3) is 0.706. The lowest BCUT2D eigenvalue weighted by Crippen LogP contribution is -2.69. The van der Waals surface area contributed by atoms with Crippen molar-refractivity contribution in [2.75, 3.05) is 0 Å². The maximum atomic E-state index is 12.6. The predicted molar refractivity (Wildman–Crippen MR) is 86.3 cm³/mol. The molecule has 6 heterocycles. The molecule has 0 radical (unpaired) electrons. The third kappa shape index (κ3) is 2.15. The molecule has 10 heteroatoms. The number of carbonyl (C=O) groups excluding carboxylic acids is 1. The molecule has 1 aromatic rings. The third-order valence-electron chi connectivity index (χ3n) is 6.21. The lowest BCUT2D eigenvalue weighted by atomic mass is 9.90. The molecule has 6 aliphatic rings. The minimum Gasteiger partial charge on any atom is -0.494 e. The van der Waals surface area contributed by atoms with Crippen molar-refractivity contribution in [1.29, 1.82) is 0 Å². The second kappa shape index (κ2) is 5.15. The summed E-state index contributed by atoms with van der Waals surface area (Å²) < 4.78 is 24.1. The van der Waals surface area contributed by atoms with Gasteiger partial charge in [0.25, 0.3) is 0 Å². The summed E-state index contributed by atoms with van der Waals surface area (Å²) in [5.41, 5.74) is 7.00. The van der Waals surface area contributed by atoms with Crippen molar-refractivity contribution in [2.45, 2.75) is 74.9 Å². The van der Waals surface area contributed by atoms with Crippen LogP contribution in [-0.2, 0) is 30.3 Å². The fourth-order valence-electron chi connectivity index (χ4n) is 5.19. The minimum absolute atomic E-state index is 0.00277. The van der Waals surface area contributed by atoms with E-state index < -0.39 is 18.1 Å². The summed E-state index contributed by atoms with van der Waals surface area (Å²) in [6.45, 7) is -0.308. The quantitative estimate of drug-likeness (QED) is 0.568. The minimum atomic E-state index is -1.57. The van der Waals surface area contributed by atoms with Gasteiger partial charge in [0.05, 0.1) is 35.5 Å². The molecule has 0 spiro atoms. The standard InChI is InChI=1S/C17H21N3O7/c18-9-4-10-12-13(14(9)24-10)16(23)20(15(12)22)5-11(21)19-17-25-6-1-7(26-17)3-8(2-6)27-17/h6-10,14,22-23H,1-5,18H2,(H,19,21). The topological polar surface area (TPSA) is 137 Å². The Labute approximate surface area is 154 Å². The number of nitrogens with zero attached hydrogens (tertiary/aromatic N) is 1. The van der Waals surface area contributed by atoms with E-state index in [0.717, 1.165) is 23.8 Å². The highest BCUT2D eigenvalue weighted by Crippen LogP contribution is 2.57. The Hall–Kier alpha value is -1.85. The molecule has 1 aliphatic carbocycles. The van der Waals surface area contributed by atoms with Crippen LogP contribution in [0.2, 0.25) is 0 Å². The number of hydrogen-bond acceptors (Lipinski definition) is 8. The Bertz CT molecular complexity index is 802. The second-order valence-corrected chi connectivity index (χ2v) is 8.04. The van der Waals surface area contributed by atoms with Crippen LogP contribution >= 0.6 is 0 Å². The van der Waals surface area contributed by atoms with Crippen molar-refractivity contribution in [3.05, 3.63) is 11.1 Å². The molecule has 1 amide bonds. The number of nitrogens with one attached hydrogen (secondary N) is 1. The maximum absolute atomic E-state index is 12.6. The van der Waals surface area contributed by atoms with Crippen LogP contribution in [0.15, 0.2) is 0 Å². The van der Waals surface area contributed by atoms with Gasteiger partial charge >= 0.3 is 6.10 Å². The molecule has 7 rings (SSSR count). The first kappa shape index (κ1) is 16.1. The zero-order valence-corrected chi connectivity index (χ0v) is 14.5. The number of ether oxygens (including phenoxy) is 4. The maximum Gasteiger partial charge on any atom is 0.377 e. The van der Waals surface area contributed by atoms with Gasteiger partial charge in [-0.15, -0.1) is 0 Å². The summed E-state index contributed by atoms with van der Waals surface area (Å²) >= 11 is 0. The van der Waals surface area contributed by atoms with E-state index in [-0.39, 0.29) is 48.8 Å². The molecule has 1 saturated carbocycles. The average Bonchev–Trinajstić information content (AvgIpc) is 3.20. The Morgan fingerprint density at radius 2 is 1.67 bits per heavy atom. The van der Waals surface area contributed by atoms with Crippen molar-refractivity contribution in [2.24, 2.45) is 5.73 Å². The number of rotatable bonds is 3. The molecule has 3 unspecified atom stereocenters. The highest BCUT2D eigenvalue weighted by Gasteiger charge is 2.56. The molecule has 6 bridgehead atoms. The summed E-state index contributed by atoms with van der Waals surface area (Å²) in [5, 5.41) is 23.7. The Morgan fingerprint density at radius 3 is 2.30 bits per heavy atom. The number of amides is 1. The summed E-state index contributed by atoms with van der Waals surface area (Å²) in [5.74, 6) is -0.882. The predicted octanol–water partition coefficient (Wildman–Crippen LogP) is -0.163. The van der Waals surface area contributed by atoms with Crippen molar-refractivity contribution in [3.8, 4) is 11.8 Å². The van der Waals surface area contributed by atoms with Crippen molar-refractivity contribution in [1.82, 2.24) is 9.88 Å². The van der Waals surface area contributed by atoms with Gasteiger partial charge in [-0.1, -0.05) is 0 Å². The Kier molecular flexibility index (Phi) is 3.08. The van der Waals surface area contributed by atoms with Gasteiger partial charge in [0.2, 0.25) is 17.7 Å².